The topological polar surface area (TPSA) is 70.2 Å². The number of hydrogen-bond donors (Lipinski definition) is 2. The Hall–Kier alpha value is -2.62. The largest absolute Gasteiger partial charge is 0.481 e. The summed E-state index contributed by atoms with van der Waals surface area (Å²) < 4.78 is 0. The van der Waals surface area contributed by atoms with Gasteiger partial charge in [0.2, 0.25) is 0 Å². The fourth-order valence-electron chi connectivity index (χ4n) is 1.87. The van der Waals surface area contributed by atoms with Crippen LogP contribution in [0.5, 0.6) is 0 Å². The van der Waals surface area contributed by atoms with Gasteiger partial charge in [0.15, 0.2) is 5.43 Å². The Morgan fingerprint density at radius 2 is 1.32 bits per heavy atom. The Morgan fingerprint density at radius 1 is 0.947 bits per heavy atom. The Kier molecular flexibility index (Phi) is 3.61. The Balaban J connectivity index is 0.000000297. The molecule has 0 atom stereocenters. The molecule has 0 saturated heterocycles. The zero-order valence-corrected chi connectivity index (χ0v) is 10.4. The van der Waals surface area contributed by atoms with Crippen molar-refractivity contribution in [3.8, 4) is 0 Å². The van der Waals surface area contributed by atoms with Crippen molar-refractivity contribution in [2.45, 2.75) is 6.92 Å². The number of rotatable bonds is 0. The number of aromatic amines is 1. The number of pyridine rings is 1. The van der Waals surface area contributed by atoms with Gasteiger partial charge in [-0.1, -0.05) is 24.3 Å². The summed E-state index contributed by atoms with van der Waals surface area (Å²) in [6.07, 6.45) is 0. The van der Waals surface area contributed by atoms with Crippen LogP contribution in [-0.2, 0) is 4.79 Å². The van der Waals surface area contributed by atoms with Crippen LogP contribution in [0, 0.1) is 0 Å². The number of benzene rings is 2. The van der Waals surface area contributed by atoms with Gasteiger partial charge in [-0.05, 0) is 24.3 Å². The van der Waals surface area contributed by atoms with Crippen molar-refractivity contribution in [3.05, 3.63) is 58.8 Å². The lowest BCUT2D eigenvalue weighted by atomic mass is 10.1. The van der Waals surface area contributed by atoms with Crippen molar-refractivity contribution in [2.75, 3.05) is 0 Å². The van der Waals surface area contributed by atoms with Gasteiger partial charge < -0.3 is 10.1 Å². The number of aliphatic carboxylic acids is 1. The molecule has 4 nitrogen and oxygen atoms in total. The van der Waals surface area contributed by atoms with E-state index in [4.69, 9.17) is 9.90 Å². The van der Waals surface area contributed by atoms with Crippen molar-refractivity contribution >= 4 is 27.8 Å². The lowest BCUT2D eigenvalue weighted by Gasteiger charge is -2.01. The van der Waals surface area contributed by atoms with Crippen LogP contribution < -0.4 is 5.43 Å². The second kappa shape index (κ2) is 5.35. The number of nitrogens with one attached hydrogen (secondary N) is 1. The fraction of sp³-hybridized carbons (Fsp3) is 0.0667. The third-order valence-electron chi connectivity index (χ3n) is 2.61. The average molecular weight is 255 g/mol. The molecular weight excluding hydrogens is 242 g/mol. The maximum atomic E-state index is 12.1. The van der Waals surface area contributed by atoms with Crippen molar-refractivity contribution in [2.24, 2.45) is 0 Å². The Morgan fingerprint density at radius 3 is 1.74 bits per heavy atom. The van der Waals surface area contributed by atoms with Gasteiger partial charge in [0, 0.05) is 28.7 Å². The zero-order chi connectivity index (χ0) is 13.8. The number of fused-ring (bicyclic) bond motifs is 2. The van der Waals surface area contributed by atoms with Crippen LogP contribution in [0.1, 0.15) is 6.92 Å². The van der Waals surface area contributed by atoms with E-state index in [1.165, 1.54) is 0 Å². The van der Waals surface area contributed by atoms with Crippen LogP contribution >= 0.6 is 0 Å². The molecule has 0 aliphatic rings. The van der Waals surface area contributed by atoms with Gasteiger partial charge in [-0.3, -0.25) is 9.59 Å². The molecule has 0 aliphatic heterocycles. The minimum Gasteiger partial charge on any atom is -0.481 e. The number of hydrogen-bond acceptors (Lipinski definition) is 2. The zero-order valence-electron chi connectivity index (χ0n) is 10.4. The molecule has 2 N–H and O–H groups in total. The molecule has 2 aromatic carbocycles. The summed E-state index contributed by atoms with van der Waals surface area (Å²) in [6.45, 7) is 1.08. The third-order valence-corrected chi connectivity index (χ3v) is 2.61. The SMILES string of the molecule is CC(=O)O.O=c1c2ccccc2[nH]c2ccccc12. The highest BCUT2D eigenvalue weighted by molar-refractivity contribution is 5.92. The predicted molar refractivity (Wildman–Crippen MR) is 75.4 cm³/mol. The van der Waals surface area contributed by atoms with E-state index in [0.717, 1.165) is 28.7 Å². The molecule has 0 saturated carbocycles. The molecule has 3 rings (SSSR count). The average Bonchev–Trinajstić information content (AvgIpc) is 2.38. The highest BCUT2D eigenvalue weighted by Gasteiger charge is 2.02. The number of carboxylic acids is 1. The summed E-state index contributed by atoms with van der Waals surface area (Å²) in [7, 11) is 0. The van der Waals surface area contributed by atoms with Gasteiger partial charge in [-0.25, -0.2) is 0 Å². The fourth-order valence-corrected chi connectivity index (χ4v) is 1.87. The molecule has 19 heavy (non-hydrogen) atoms. The summed E-state index contributed by atoms with van der Waals surface area (Å²) in [6, 6.07) is 15.1. The molecule has 0 radical (unpaired) electrons. The molecule has 4 heteroatoms. The summed E-state index contributed by atoms with van der Waals surface area (Å²) in [5.41, 5.74) is 1.88. The normalized spacial score (nSPS) is 9.95. The van der Waals surface area contributed by atoms with Gasteiger partial charge >= 0.3 is 0 Å². The summed E-state index contributed by atoms with van der Waals surface area (Å²) in [5, 5.41) is 8.91. The smallest absolute Gasteiger partial charge is 0.300 e. The summed E-state index contributed by atoms with van der Waals surface area (Å²) in [4.78, 5) is 24.3. The molecule has 0 bridgehead atoms. The number of carboxylic acid groups (broad SMARTS) is 1. The van der Waals surface area contributed by atoms with Crippen molar-refractivity contribution in [1.29, 1.82) is 0 Å². The first-order valence-electron chi connectivity index (χ1n) is 5.79. The number of aromatic nitrogens is 1. The van der Waals surface area contributed by atoms with Crippen LogP contribution in [0.25, 0.3) is 21.8 Å². The van der Waals surface area contributed by atoms with Crippen LogP contribution in [-0.4, -0.2) is 16.1 Å². The quantitative estimate of drug-likeness (QED) is 0.607. The molecule has 1 aromatic heterocycles. The molecule has 0 aliphatic carbocycles. The molecule has 96 valence electrons. The maximum Gasteiger partial charge on any atom is 0.300 e. The first-order chi connectivity index (χ1) is 9.09. The van der Waals surface area contributed by atoms with E-state index in [1.54, 1.807) is 0 Å². The standard InChI is InChI=1S/C13H9NO.C2H4O2/c15-13-9-5-1-3-7-11(9)14-12-8-4-2-6-10(12)13;1-2(3)4/h1-8H,(H,14,15);1H3,(H,3,4). The van der Waals surface area contributed by atoms with Gasteiger partial charge in [-0.2, -0.15) is 0 Å². The molecule has 0 fully saturated rings. The number of carbonyl (C=O) groups is 1. The maximum absolute atomic E-state index is 12.1. The highest BCUT2D eigenvalue weighted by atomic mass is 16.4. The predicted octanol–water partition coefficient (Wildman–Crippen LogP) is 2.77. The lowest BCUT2D eigenvalue weighted by molar-refractivity contribution is -0.134. The Bertz CT molecular complexity index is 729. The van der Waals surface area contributed by atoms with E-state index in [9.17, 15) is 4.79 Å². The molecule has 0 amide bonds. The molecule has 0 spiro atoms. The lowest BCUT2D eigenvalue weighted by Crippen LogP contribution is -2.03. The second-order valence-corrected chi connectivity index (χ2v) is 4.06. The molecule has 1 heterocycles. The van der Waals surface area contributed by atoms with E-state index in [2.05, 4.69) is 4.98 Å². The van der Waals surface area contributed by atoms with Crippen LogP contribution in [0.3, 0.4) is 0 Å². The number of H-pyrrole nitrogens is 1. The van der Waals surface area contributed by atoms with Gasteiger partial charge in [0.25, 0.3) is 5.97 Å². The van der Waals surface area contributed by atoms with Crippen LogP contribution in [0.15, 0.2) is 53.3 Å². The summed E-state index contributed by atoms with van der Waals surface area (Å²) in [5.74, 6) is -0.833. The van der Waals surface area contributed by atoms with Crippen molar-refractivity contribution in [1.82, 2.24) is 4.98 Å². The monoisotopic (exact) mass is 255 g/mol. The van der Waals surface area contributed by atoms with E-state index in [-0.39, 0.29) is 5.43 Å². The summed E-state index contributed by atoms with van der Waals surface area (Å²) >= 11 is 0. The molecular formula is C15H13NO3. The van der Waals surface area contributed by atoms with Crippen LogP contribution in [0.4, 0.5) is 0 Å². The number of para-hydroxylation sites is 2. The van der Waals surface area contributed by atoms with E-state index in [1.807, 2.05) is 48.5 Å². The highest BCUT2D eigenvalue weighted by Crippen LogP contribution is 2.13. The minimum absolute atomic E-state index is 0.0972. The van der Waals surface area contributed by atoms with E-state index in [0.29, 0.717) is 0 Å². The van der Waals surface area contributed by atoms with Gasteiger partial charge in [0.05, 0.1) is 0 Å². The van der Waals surface area contributed by atoms with E-state index < -0.39 is 5.97 Å². The van der Waals surface area contributed by atoms with E-state index >= 15 is 0 Å². The van der Waals surface area contributed by atoms with Crippen molar-refractivity contribution in [3.63, 3.8) is 0 Å². The first kappa shape index (κ1) is 12.8. The van der Waals surface area contributed by atoms with Gasteiger partial charge in [-0.15, -0.1) is 0 Å². The molecule has 0 unspecified atom stereocenters. The van der Waals surface area contributed by atoms with Crippen LogP contribution in [0.2, 0.25) is 0 Å². The van der Waals surface area contributed by atoms with Gasteiger partial charge in [0.1, 0.15) is 0 Å². The second-order valence-electron chi connectivity index (χ2n) is 4.06. The molecule has 3 aromatic rings. The Labute approximate surface area is 109 Å². The first-order valence-corrected chi connectivity index (χ1v) is 5.79. The minimum atomic E-state index is -0.833. The van der Waals surface area contributed by atoms with Crippen molar-refractivity contribution < 1.29 is 9.90 Å². The third kappa shape index (κ3) is 2.80.